The Kier molecular flexibility index (Phi) is 3.81. The Balaban J connectivity index is 1.93. The molecule has 0 radical (unpaired) electrons. The average molecular weight is 274 g/mol. The standard InChI is InChI=1S/C16H26N4/c1-11(2)14-15(17)18-10-19-16(14)20-9-5-8-13(20)12-6-3-4-7-12/h10-13H,3-9H2,1-2H3,(H2,17,18,19). The maximum Gasteiger partial charge on any atom is 0.137 e. The van der Waals surface area contributed by atoms with Crippen molar-refractivity contribution in [3.8, 4) is 0 Å². The van der Waals surface area contributed by atoms with Crippen molar-refractivity contribution in [2.75, 3.05) is 17.2 Å². The molecule has 0 aromatic carbocycles. The molecule has 0 bridgehead atoms. The highest BCUT2D eigenvalue weighted by atomic mass is 15.2. The first-order chi connectivity index (χ1) is 9.68. The van der Waals surface area contributed by atoms with E-state index in [0.29, 0.717) is 17.8 Å². The van der Waals surface area contributed by atoms with E-state index in [9.17, 15) is 0 Å². The van der Waals surface area contributed by atoms with Crippen molar-refractivity contribution < 1.29 is 0 Å². The molecule has 1 aromatic rings. The predicted octanol–water partition coefficient (Wildman–Crippen LogP) is 3.34. The van der Waals surface area contributed by atoms with Gasteiger partial charge in [0.25, 0.3) is 0 Å². The van der Waals surface area contributed by atoms with Gasteiger partial charge in [0, 0.05) is 18.2 Å². The average Bonchev–Trinajstić information content (AvgIpc) is 3.08. The van der Waals surface area contributed by atoms with Crippen LogP contribution in [-0.4, -0.2) is 22.6 Å². The van der Waals surface area contributed by atoms with Gasteiger partial charge in [0.15, 0.2) is 0 Å². The van der Waals surface area contributed by atoms with Gasteiger partial charge in [-0.05, 0) is 37.5 Å². The summed E-state index contributed by atoms with van der Waals surface area (Å²) in [6.07, 6.45) is 9.79. The van der Waals surface area contributed by atoms with E-state index in [1.807, 2.05) is 0 Å². The summed E-state index contributed by atoms with van der Waals surface area (Å²) >= 11 is 0. The van der Waals surface area contributed by atoms with Crippen molar-refractivity contribution >= 4 is 11.6 Å². The van der Waals surface area contributed by atoms with Crippen LogP contribution in [0.25, 0.3) is 0 Å². The summed E-state index contributed by atoms with van der Waals surface area (Å²) in [5.41, 5.74) is 7.25. The number of nitrogen functional groups attached to an aromatic ring is 1. The fourth-order valence-corrected chi connectivity index (χ4v) is 4.07. The van der Waals surface area contributed by atoms with Gasteiger partial charge >= 0.3 is 0 Å². The van der Waals surface area contributed by atoms with E-state index in [-0.39, 0.29) is 0 Å². The Hall–Kier alpha value is -1.32. The van der Waals surface area contributed by atoms with Crippen LogP contribution in [0.5, 0.6) is 0 Å². The highest BCUT2D eigenvalue weighted by Crippen LogP contribution is 2.40. The second-order valence-electron chi connectivity index (χ2n) is 6.60. The Morgan fingerprint density at radius 2 is 1.90 bits per heavy atom. The smallest absolute Gasteiger partial charge is 0.137 e. The molecule has 2 heterocycles. The Morgan fingerprint density at radius 3 is 2.60 bits per heavy atom. The third-order valence-corrected chi connectivity index (χ3v) is 4.99. The van der Waals surface area contributed by atoms with Gasteiger partial charge in [0.1, 0.15) is 18.0 Å². The van der Waals surface area contributed by atoms with Crippen LogP contribution in [0.4, 0.5) is 11.6 Å². The minimum absolute atomic E-state index is 0.371. The third-order valence-electron chi connectivity index (χ3n) is 4.99. The largest absolute Gasteiger partial charge is 0.383 e. The number of hydrogen-bond acceptors (Lipinski definition) is 4. The number of nitrogens with two attached hydrogens (primary N) is 1. The molecule has 4 nitrogen and oxygen atoms in total. The zero-order chi connectivity index (χ0) is 14.1. The minimum atomic E-state index is 0.371. The summed E-state index contributed by atoms with van der Waals surface area (Å²) in [6, 6.07) is 0.671. The summed E-state index contributed by atoms with van der Waals surface area (Å²) in [5.74, 6) is 2.98. The van der Waals surface area contributed by atoms with Crippen molar-refractivity contribution in [3.63, 3.8) is 0 Å². The van der Waals surface area contributed by atoms with Crippen LogP contribution in [0.1, 0.15) is 63.9 Å². The molecule has 110 valence electrons. The highest BCUT2D eigenvalue weighted by Gasteiger charge is 2.35. The van der Waals surface area contributed by atoms with Crippen molar-refractivity contribution in [3.05, 3.63) is 11.9 Å². The first-order valence-electron chi connectivity index (χ1n) is 8.05. The highest BCUT2D eigenvalue weighted by molar-refractivity contribution is 5.59. The van der Waals surface area contributed by atoms with Crippen molar-refractivity contribution in [2.45, 2.75) is 64.3 Å². The SMILES string of the molecule is CC(C)c1c(N)ncnc1N1CCCC1C1CCCC1. The molecule has 2 fully saturated rings. The molecule has 1 atom stereocenters. The molecule has 0 spiro atoms. The molecule has 1 aliphatic carbocycles. The van der Waals surface area contributed by atoms with E-state index in [0.717, 1.165) is 23.8 Å². The number of aromatic nitrogens is 2. The first kappa shape index (κ1) is 13.7. The van der Waals surface area contributed by atoms with Crippen LogP contribution >= 0.6 is 0 Å². The van der Waals surface area contributed by atoms with Gasteiger partial charge < -0.3 is 10.6 Å². The molecule has 1 unspecified atom stereocenters. The van der Waals surface area contributed by atoms with E-state index < -0.39 is 0 Å². The predicted molar refractivity (Wildman–Crippen MR) is 82.9 cm³/mol. The molecular formula is C16H26N4. The van der Waals surface area contributed by atoms with Crippen LogP contribution in [0.3, 0.4) is 0 Å². The lowest BCUT2D eigenvalue weighted by Gasteiger charge is -2.32. The maximum absolute atomic E-state index is 6.11. The van der Waals surface area contributed by atoms with E-state index in [1.54, 1.807) is 6.33 Å². The van der Waals surface area contributed by atoms with E-state index in [2.05, 4.69) is 28.7 Å². The van der Waals surface area contributed by atoms with E-state index >= 15 is 0 Å². The molecule has 3 rings (SSSR count). The zero-order valence-electron chi connectivity index (χ0n) is 12.7. The first-order valence-corrected chi connectivity index (χ1v) is 8.05. The van der Waals surface area contributed by atoms with Gasteiger partial charge in [-0.1, -0.05) is 26.7 Å². The maximum atomic E-state index is 6.11. The monoisotopic (exact) mass is 274 g/mol. The molecule has 4 heteroatoms. The van der Waals surface area contributed by atoms with Gasteiger partial charge in [0.05, 0.1) is 0 Å². The van der Waals surface area contributed by atoms with Crippen LogP contribution < -0.4 is 10.6 Å². The number of hydrogen-bond donors (Lipinski definition) is 1. The quantitative estimate of drug-likeness (QED) is 0.918. The van der Waals surface area contributed by atoms with Gasteiger partial charge in [0.2, 0.25) is 0 Å². The van der Waals surface area contributed by atoms with E-state index in [1.165, 1.54) is 38.5 Å². The molecule has 1 saturated heterocycles. The van der Waals surface area contributed by atoms with Crippen LogP contribution in [-0.2, 0) is 0 Å². The molecular weight excluding hydrogens is 248 g/mol. The summed E-state index contributed by atoms with van der Waals surface area (Å²) in [5, 5.41) is 0. The summed E-state index contributed by atoms with van der Waals surface area (Å²) < 4.78 is 0. The summed E-state index contributed by atoms with van der Waals surface area (Å²) in [4.78, 5) is 11.3. The molecule has 20 heavy (non-hydrogen) atoms. The number of rotatable bonds is 3. The second kappa shape index (κ2) is 5.58. The Morgan fingerprint density at radius 1 is 1.15 bits per heavy atom. The normalized spacial score (nSPS) is 23.9. The van der Waals surface area contributed by atoms with Crippen molar-refractivity contribution in [1.29, 1.82) is 0 Å². The molecule has 2 aliphatic rings. The van der Waals surface area contributed by atoms with Gasteiger partial charge in [-0.25, -0.2) is 9.97 Å². The second-order valence-corrected chi connectivity index (χ2v) is 6.60. The van der Waals surface area contributed by atoms with Crippen LogP contribution in [0.15, 0.2) is 6.33 Å². The Labute approximate surface area is 121 Å². The molecule has 1 saturated carbocycles. The molecule has 1 aromatic heterocycles. The van der Waals surface area contributed by atoms with Crippen molar-refractivity contribution in [1.82, 2.24) is 9.97 Å². The Bertz CT molecular complexity index is 466. The third kappa shape index (κ3) is 2.36. The molecule has 0 amide bonds. The number of nitrogens with zero attached hydrogens (tertiary/aromatic N) is 3. The van der Waals surface area contributed by atoms with Crippen LogP contribution in [0, 0.1) is 5.92 Å². The molecule has 1 aliphatic heterocycles. The summed E-state index contributed by atoms with van der Waals surface area (Å²) in [6.45, 7) is 5.48. The zero-order valence-corrected chi connectivity index (χ0v) is 12.7. The fraction of sp³-hybridized carbons (Fsp3) is 0.750. The van der Waals surface area contributed by atoms with E-state index in [4.69, 9.17) is 5.73 Å². The lowest BCUT2D eigenvalue weighted by molar-refractivity contribution is 0.428. The number of anilines is 2. The topological polar surface area (TPSA) is 55.0 Å². The lowest BCUT2D eigenvalue weighted by Crippen LogP contribution is -2.36. The lowest BCUT2D eigenvalue weighted by atomic mass is 9.95. The minimum Gasteiger partial charge on any atom is -0.383 e. The van der Waals surface area contributed by atoms with Gasteiger partial charge in [-0.3, -0.25) is 0 Å². The van der Waals surface area contributed by atoms with Gasteiger partial charge in [-0.2, -0.15) is 0 Å². The molecule has 2 N–H and O–H groups in total. The van der Waals surface area contributed by atoms with Crippen molar-refractivity contribution in [2.24, 2.45) is 5.92 Å². The van der Waals surface area contributed by atoms with Gasteiger partial charge in [-0.15, -0.1) is 0 Å². The fourth-order valence-electron chi connectivity index (χ4n) is 4.07. The van der Waals surface area contributed by atoms with Crippen LogP contribution in [0.2, 0.25) is 0 Å². The summed E-state index contributed by atoms with van der Waals surface area (Å²) in [7, 11) is 0.